The molecule has 13 heteroatoms. The first-order valence-electron chi connectivity index (χ1n) is 17.9. The summed E-state index contributed by atoms with van der Waals surface area (Å²) >= 11 is 0. The Bertz CT molecular complexity index is 1910. The Morgan fingerprint density at radius 3 is 2.37 bits per heavy atom. The first-order valence-corrected chi connectivity index (χ1v) is 17.9. The number of imide groups is 1. The molecule has 2 aromatic carbocycles. The van der Waals surface area contributed by atoms with E-state index in [0.717, 1.165) is 60.1 Å². The molecule has 2 atom stereocenters. The number of aromatic nitrogens is 3. The summed E-state index contributed by atoms with van der Waals surface area (Å²) in [7, 11) is 2.18. The fourth-order valence-corrected chi connectivity index (χ4v) is 7.29. The maximum absolute atomic E-state index is 14.6. The number of likely N-dealkylation sites (tertiary alicyclic amines) is 1. The molecule has 276 valence electrons. The van der Waals surface area contributed by atoms with Crippen LogP contribution in [0.4, 0.5) is 24.8 Å². The van der Waals surface area contributed by atoms with E-state index < -0.39 is 23.8 Å². The van der Waals surface area contributed by atoms with E-state index in [4.69, 9.17) is 4.74 Å². The van der Waals surface area contributed by atoms with Crippen LogP contribution in [0.15, 0.2) is 48.7 Å². The highest BCUT2D eigenvalue weighted by Gasteiger charge is 2.29. The molecule has 52 heavy (non-hydrogen) atoms. The van der Waals surface area contributed by atoms with Gasteiger partial charge in [-0.1, -0.05) is 36.4 Å². The second kappa shape index (κ2) is 16.4. The molecule has 3 aliphatic heterocycles. The number of piperidine rings is 2. The summed E-state index contributed by atoms with van der Waals surface area (Å²) in [5.74, 6) is 0.479. The molecule has 7 rings (SSSR count). The van der Waals surface area contributed by atoms with Crippen LogP contribution in [0.3, 0.4) is 0 Å². The predicted molar refractivity (Wildman–Crippen MR) is 194 cm³/mol. The van der Waals surface area contributed by atoms with E-state index in [2.05, 4.69) is 67.8 Å². The summed E-state index contributed by atoms with van der Waals surface area (Å²) < 4.78 is 46.1. The molecule has 2 amide bonds. The third-order valence-corrected chi connectivity index (χ3v) is 10.4. The monoisotopic (exact) mass is 717 g/mol. The van der Waals surface area contributed by atoms with E-state index in [1.807, 2.05) is 13.0 Å². The number of nitrogens with zero attached hydrogens (tertiary/aromatic N) is 5. The van der Waals surface area contributed by atoms with Gasteiger partial charge in [0.25, 0.3) is 6.43 Å². The number of ether oxygens (including phenoxy) is 1. The normalized spacial score (nSPS) is 19.3. The molecule has 4 aromatic rings. The highest BCUT2D eigenvalue weighted by Crippen LogP contribution is 2.34. The SMILES string of the molecule is Cc1cc(C2CCC(=O)NC2=O)ccc1C1CCN(C)CC1.Cc1nnc(NC(C)c2cccc(C(F)F)c2F)c2cc(N3CCOCC3)ncc12. The zero-order valence-corrected chi connectivity index (χ0v) is 30.1. The summed E-state index contributed by atoms with van der Waals surface area (Å²) in [6.45, 7) is 10.7. The molecule has 2 aromatic heterocycles. The first kappa shape index (κ1) is 37.1. The summed E-state index contributed by atoms with van der Waals surface area (Å²) in [6.07, 6.45) is 2.34. The Labute approximate surface area is 302 Å². The van der Waals surface area contributed by atoms with Crippen molar-refractivity contribution in [2.45, 2.75) is 70.8 Å². The zero-order chi connectivity index (χ0) is 36.9. The lowest BCUT2D eigenvalue weighted by Crippen LogP contribution is -2.39. The van der Waals surface area contributed by atoms with E-state index in [-0.39, 0.29) is 23.3 Å². The van der Waals surface area contributed by atoms with Crippen LogP contribution in [0.5, 0.6) is 0 Å². The van der Waals surface area contributed by atoms with Crippen LogP contribution >= 0.6 is 0 Å². The van der Waals surface area contributed by atoms with Crippen LogP contribution < -0.4 is 15.5 Å². The lowest BCUT2D eigenvalue weighted by atomic mass is 9.83. The molecule has 0 aliphatic carbocycles. The Hall–Kier alpha value is -4.62. The molecular formula is C39H46F3N7O3. The number of morpholine rings is 1. The molecule has 0 spiro atoms. The number of anilines is 2. The number of alkyl halides is 2. The van der Waals surface area contributed by atoms with Crippen molar-refractivity contribution in [1.29, 1.82) is 0 Å². The number of nitrogens with one attached hydrogen (secondary N) is 2. The number of pyridine rings is 1. The molecule has 0 saturated carbocycles. The lowest BCUT2D eigenvalue weighted by Gasteiger charge is -2.30. The number of halogens is 3. The van der Waals surface area contributed by atoms with E-state index >= 15 is 0 Å². The molecule has 0 bridgehead atoms. The van der Waals surface area contributed by atoms with Gasteiger partial charge in [-0.3, -0.25) is 14.9 Å². The molecule has 10 nitrogen and oxygen atoms in total. The van der Waals surface area contributed by atoms with Crippen LogP contribution in [0.25, 0.3) is 10.8 Å². The first-order chi connectivity index (χ1) is 25.0. The zero-order valence-electron chi connectivity index (χ0n) is 30.1. The average Bonchev–Trinajstić information content (AvgIpc) is 3.13. The van der Waals surface area contributed by atoms with Gasteiger partial charge in [0.1, 0.15) is 11.6 Å². The summed E-state index contributed by atoms with van der Waals surface area (Å²) in [5.41, 5.74) is 3.99. The van der Waals surface area contributed by atoms with Crippen LogP contribution in [0, 0.1) is 19.7 Å². The standard InChI is InChI=1S/C21H22F3N5O.C18H24N2O2/c1-12(14-4-3-5-15(19(14)22)20(23)24)26-21-16-10-18(29-6-8-30-9-7-29)25-11-17(16)13(2)27-28-21;1-12-11-14(16-5-6-17(21)19-18(16)22)3-4-15(12)13-7-9-20(2)10-8-13/h3-5,10-12,20H,6-9H2,1-2H3,(H,26,28);3-4,11,13,16H,5-10H2,1-2H3,(H,19,21,22). The van der Waals surface area contributed by atoms with Gasteiger partial charge in [0, 0.05) is 42.0 Å². The third-order valence-electron chi connectivity index (χ3n) is 10.4. The summed E-state index contributed by atoms with van der Waals surface area (Å²) in [5, 5.41) is 15.6. The molecule has 2 N–H and O–H groups in total. The van der Waals surface area contributed by atoms with Gasteiger partial charge in [-0.2, -0.15) is 5.10 Å². The van der Waals surface area contributed by atoms with E-state index in [1.165, 1.54) is 36.1 Å². The molecule has 2 unspecified atom stereocenters. The van der Waals surface area contributed by atoms with Crippen LogP contribution in [0.1, 0.15) is 90.4 Å². The summed E-state index contributed by atoms with van der Waals surface area (Å²) in [4.78, 5) is 32.3. The number of hydrogen-bond acceptors (Lipinski definition) is 9. The second-order valence-electron chi connectivity index (χ2n) is 13.9. The molecule has 5 heterocycles. The van der Waals surface area contributed by atoms with Crippen LogP contribution in [0.2, 0.25) is 0 Å². The van der Waals surface area contributed by atoms with Crippen LogP contribution in [-0.4, -0.2) is 78.3 Å². The number of benzene rings is 2. The predicted octanol–water partition coefficient (Wildman–Crippen LogP) is 6.74. The van der Waals surface area contributed by atoms with E-state index in [9.17, 15) is 22.8 Å². The second-order valence-corrected chi connectivity index (χ2v) is 13.9. The Kier molecular flexibility index (Phi) is 11.7. The van der Waals surface area contributed by atoms with Gasteiger partial charge in [-0.05, 0) is 88.8 Å². The number of carbonyl (C=O) groups is 2. The van der Waals surface area contributed by atoms with Crippen molar-refractivity contribution in [2.75, 3.05) is 56.7 Å². The highest BCUT2D eigenvalue weighted by molar-refractivity contribution is 6.01. The minimum Gasteiger partial charge on any atom is -0.378 e. The van der Waals surface area contributed by atoms with Gasteiger partial charge in [0.15, 0.2) is 5.82 Å². The minimum absolute atomic E-state index is 0.144. The van der Waals surface area contributed by atoms with Gasteiger partial charge >= 0.3 is 0 Å². The maximum Gasteiger partial charge on any atom is 0.266 e. The lowest BCUT2D eigenvalue weighted by molar-refractivity contribution is -0.134. The number of amides is 2. The fraction of sp³-hybridized carbons (Fsp3) is 0.462. The van der Waals surface area contributed by atoms with Crippen molar-refractivity contribution in [3.05, 3.63) is 88.0 Å². The maximum atomic E-state index is 14.6. The van der Waals surface area contributed by atoms with Gasteiger partial charge in [-0.25, -0.2) is 18.2 Å². The fourth-order valence-electron chi connectivity index (χ4n) is 7.29. The Morgan fingerprint density at radius 1 is 0.942 bits per heavy atom. The van der Waals surface area contributed by atoms with E-state index in [0.29, 0.717) is 37.8 Å². The quantitative estimate of drug-likeness (QED) is 0.201. The van der Waals surface area contributed by atoms with Crippen LogP contribution in [-0.2, 0) is 14.3 Å². The van der Waals surface area contributed by atoms with Gasteiger partial charge in [0.2, 0.25) is 11.8 Å². The van der Waals surface area contributed by atoms with Gasteiger partial charge < -0.3 is 19.9 Å². The van der Waals surface area contributed by atoms with Crippen molar-refractivity contribution in [3.63, 3.8) is 0 Å². The topological polar surface area (TPSA) is 113 Å². The number of carbonyl (C=O) groups excluding carboxylic acids is 2. The van der Waals surface area contributed by atoms with Crippen molar-refractivity contribution in [1.82, 2.24) is 25.4 Å². The smallest absolute Gasteiger partial charge is 0.266 e. The highest BCUT2D eigenvalue weighted by atomic mass is 19.3. The van der Waals surface area contributed by atoms with Crippen molar-refractivity contribution in [2.24, 2.45) is 0 Å². The van der Waals surface area contributed by atoms with Gasteiger partial charge in [0.05, 0.1) is 36.4 Å². The van der Waals surface area contributed by atoms with Gasteiger partial charge in [-0.15, -0.1) is 5.10 Å². The summed E-state index contributed by atoms with van der Waals surface area (Å²) in [6, 6.07) is 11.8. The Balaban J connectivity index is 0.000000187. The average molecular weight is 718 g/mol. The molecule has 3 fully saturated rings. The largest absolute Gasteiger partial charge is 0.378 e. The molecule has 3 aliphatic rings. The molecule has 0 radical (unpaired) electrons. The number of fused-ring (bicyclic) bond motifs is 1. The van der Waals surface area contributed by atoms with Crippen molar-refractivity contribution < 1.29 is 27.5 Å². The number of rotatable bonds is 7. The molecular weight excluding hydrogens is 671 g/mol. The Morgan fingerprint density at radius 2 is 1.67 bits per heavy atom. The van der Waals surface area contributed by atoms with E-state index in [1.54, 1.807) is 13.1 Å². The minimum atomic E-state index is -2.88. The van der Waals surface area contributed by atoms with Crippen molar-refractivity contribution >= 4 is 34.2 Å². The number of hydrogen-bond donors (Lipinski definition) is 2. The molecule has 3 saturated heterocycles. The third kappa shape index (κ3) is 8.36. The van der Waals surface area contributed by atoms with Crippen molar-refractivity contribution in [3.8, 4) is 0 Å². The number of aryl methyl sites for hydroxylation is 2.